The van der Waals surface area contributed by atoms with Gasteiger partial charge in [0.05, 0.1) is 23.2 Å². The second kappa shape index (κ2) is 5.17. The Morgan fingerprint density at radius 3 is 2.89 bits per heavy atom. The summed E-state index contributed by atoms with van der Waals surface area (Å²) in [4.78, 5) is 24.9. The maximum Gasteiger partial charge on any atom is 0.335 e. The number of aromatic carboxylic acids is 1. The molecule has 1 aromatic carbocycles. The summed E-state index contributed by atoms with van der Waals surface area (Å²) in [6, 6.07) is 3.52. The van der Waals surface area contributed by atoms with Gasteiger partial charge in [0.15, 0.2) is 0 Å². The van der Waals surface area contributed by atoms with E-state index in [4.69, 9.17) is 9.52 Å². The molecule has 1 heterocycles. The molecule has 0 bridgehead atoms. The van der Waals surface area contributed by atoms with Gasteiger partial charge in [0.2, 0.25) is 5.89 Å². The average molecular weight is 263 g/mol. The van der Waals surface area contributed by atoms with Crippen LogP contribution in [0.4, 0.5) is 11.4 Å². The lowest BCUT2D eigenvalue weighted by Crippen LogP contribution is -2.05. The van der Waals surface area contributed by atoms with Crippen molar-refractivity contribution in [1.29, 1.82) is 0 Å². The van der Waals surface area contributed by atoms with E-state index in [9.17, 15) is 14.9 Å². The number of nitrogens with zero attached hydrogens (tertiary/aromatic N) is 2. The normalized spacial score (nSPS) is 10.1. The molecule has 0 aliphatic carbocycles. The molecule has 0 unspecified atom stereocenters. The van der Waals surface area contributed by atoms with Gasteiger partial charge in [-0.15, -0.1) is 0 Å². The predicted molar refractivity (Wildman–Crippen MR) is 63.9 cm³/mol. The quantitative estimate of drug-likeness (QED) is 0.624. The smallest absolute Gasteiger partial charge is 0.335 e. The molecule has 19 heavy (non-hydrogen) atoms. The third-order valence-electron chi connectivity index (χ3n) is 2.35. The van der Waals surface area contributed by atoms with Gasteiger partial charge in [-0.3, -0.25) is 10.1 Å². The molecule has 0 saturated carbocycles. The van der Waals surface area contributed by atoms with Gasteiger partial charge < -0.3 is 14.8 Å². The van der Waals surface area contributed by atoms with Gasteiger partial charge in [0.25, 0.3) is 5.69 Å². The Labute approximate surface area is 106 Å². The van der Waals surface area contributed by atoms with Gasteiger partial charge >= 0.3 is 5.97 Å². The minimum atomic E-state index is -1.16. The Kier molecular flexibility index (Phi) is 3.42. The standard InChI is InChI=1S/C11H9N3O5/c15-11(16)7-1-2-9(14(17)18)8(5-7)13-6-10-12-3-4-19-10/h1-5,13H,6H2,(H,15,16). The largest absolute Gasteiger partial charge is 0.478 e. The zero-order chi connectivity index (χ0) is 13.8. The number of aromatic nitrogens is 1. The maximum absolute atomic E-state index is 10.8. The van der Waals surface area contributed by atoms with Crippen molar-refractivity contribution in [3.8, 4) is 0 Å². The number of hydrogen-bond acceptors (Lipinski definition) is 6. The number of anilines is 1. The molecule has 2 rings (SSSR count). The zero-order valence-electron chi connectivity index (χ0n) is 9.57. The van der Waals surface area contributed by atoms with Crippen LogP contribution in [0.1, 0.15) is 16.2 Å². The van der Waals surface area contributed by atoms with Gasteiger partial charge in [0.1, 0.15) is 12.0 Å². The first-order chi connectivity index (χ1) is 9.08. The highest BCUT2D eigenvalue weighted by Gasteiger charge is 2.16. The highest BCUT2D eigenvalue weighted by atomic mass is 16.6. The monoisotopic (exact) mass is 263 g/mol. The molecule has 2 N–H and O–H groups in total. The van der Waals surface area contributed by atoms with Crippen LogP contribution in [-0.2, 0) is 6.54 Å². The van der Waals surface area contributed by atoms with Crippen LogP contribution in [-0.4, -0.2) is 21.0 Å². The fourth-order valence-electron chi connectivity index (χ4n) is 1.48. The minimum Gasteiger partial charge on any atom is -0.478 e. The van der Waals surface area contributed by atoms with Gasteiger partial charge in [0, 0.05) is 6.07 Å². The van der Waals surface area contributed by atoms with E-state index in [0.717, 1.165) is 6.07 Å². The van der Waals surface area contributed by atoms with E-state index in [-0.39, 0.29) is 23.5 Å². The zero-order valence-corrected chi connectivity index (χ0v) is 9.57. The van der Waals surface area contributed by atoms with E-state index in [1.54, 1.807) is 0 Å². The lowest BCUT2D eigenvalue weighted by Gasteiger charge is -2.06. The Bertz CT molecular complexity index is 609. The lowest BCUT2D eigenvalue weighted by atomic mass is 10.1. The molecule has 0 aliphatic heterocycles. The number of nitro groups is 1. The Morgan fingerprint density at radius 2 is 2.32 bits per heavy atom. The average Bonchev–Trinajstić information content (AvgIpc) is 2.88. The van der Waals surface area contributed by atoms with Gasteiger partial charge in [-0.25, -0.2) is 9.78 Å². The second-order valence-corrected chi connectivity index (χ2v) is 3.57. The molecule has 0 spiro atoms. The fraction of sp³-hybridized carbons (Fsp3) is 0.0909. The molecule has 0 fully saturated rings. The van der Waals surface area contributed by atoms with Crippen LogP contribution >= 0.6 is 0 Å². The van der Waals surface area contributed by atoms with Crippen molar-refractivity contribution < 1.29 is 19.2 Å². The van der Waals surface area contributed by atoms with Crippen LogP contribution in [0.15, 0.2) is 35.1 Å². The van der Waals surface area contributed by atoms with Gasteiger partial charge in [-0.05, 0) is 12.1 Å². The third kappa shape index (κ3) is 2.86. The fourth-order valence-corrected chi connectivity index (χ4v) is 1.48. The van der Waals surface area contributed by atoms with Crippen molar-refractivity contribution in [2.75, 3.05) is 5.32 Å². The summed E-state index contributed by atoms with van der Waals surface area (Å²) in [6.45, 7) is 0.122. The maximum atomic E-state index is 10.8. The Hall–Kier alpha value is -2.90. The van der Waals surface area contributed by atoms with E-state index in [1.165, 1.54) is 24.6 Å². The number of nitrogens with one attached hydrogen (secondary N) is 1. The van der Waals surface area contributed by atoms with Crippen molar-refractivity contribution in [1.82, 2.24) is 4.98 Å². The molecule has 8 nitrogen and oxygen atoms in total. The van der Waals surface area contributed by atoms with E-state index in [0.29, 0.717) is 5.89 Å². The highest BCUT2D eigenvalue weighted by Crippen LogP contribution is 2.26. The molecule has 0 amide bonds. The molecule has 0 radical (unpaired) electrons. The molecular weight excluding hydrogens is 254 g/mol. The summed E-state index contributed by atoms with van der Waals surface area (Å²) in [5.41, 5.74) is -0.153. The van der Waals surface area contributed by atoms with E-state index < -0.39 is 10.9 Å². The molecule has 8 heteroatoms. The second-order valence-electron chi connectivity index (χ2n) is 3.57. The predicted octanol–water partition coefficient (Wildman–Crippen LogP) is 1.89. The first-order valence-corrected chi connectivity index (χ1v) is 5.22. The number of carbonyl (C=O) groups is 1. The number of carboxylic acid groups (broad SMARTS) is 1. The Morgan fingerprint density at radius 1 is 1.53 bits per heavy atom. The third-order valence-corrected chi connectivity index (χ3v) is 2.35. The summed E-state index contributed by atoms with van der Waals surface area (Å²) in [7, 11) is 0. The summed E-state index contributed by atoms with van der Waals surface area (Å²) in [5, 5.41) is 22.4. The van der Waals surface area contributed by atoms with E-state index >= 15 is 0 Å². The molecule has 0 aliphatic rings. The minimum absolute atomic E-state index is 0.0412. The molecule has 0 atom stereocenters. The van der Waals surface area contributed by atoms with Crippen molar-refractivity contribution in [3.63, 3.8) is 0 Å². The molecule has 98 valence electrons. The first kappa shape index (κ1) is 12.6. The van der Waals surface area contributed by atoms with E-state index in [1.807, 2.05) is 0 Å². The van der Waals surface area contributed by atoms with Crippen LogP contribution in [0.3, 0.4) is 0 Å². The first-order valence-electron chi connectivity index (χ1n) is 5.22. The molecular formula is C11H9N3O5. The van der Waals surface area contributed by atoms with Crippen LogP contribution in [0.5, 0.6) is 0 Å². The van der Waals surface area contributed by atoms with Crippen LogP contribution < -0.4 is 5.32 Å². The van der Waals surface area contributed by atoms with Crippen molar-refractivity contribution in [2.45, 2.75) is 6.54 Å². The number of rotatable bonds is 5. The van der Waals surface area contributed by atoms with Gasteiger partial charge in [-0.1, -0.05) is 0 Å². The molecule has 1 aromatic heterocycles. The topological polar surface area (TPSA) is 118 Å². The number of benzene rings is 1. The Balaban J connectivity index is 2.27. The van der Waals surface area contributed by atoms with Crippen LogP contribution in [0.25, 0.3) is 0 Å². The van der Waals surface area contributed by atoms with Crippen molar-refractivity contribution in [2.24, 2.45) is 0 Å². The van der Waals surface area contributed by atoms with E-state index in [2.05, 4.69) is 10.3 Å². The number of oxazole rings is 1. The van der Waals surface area contributed by atoms with Crippen molar-refractivity contribution in [3.05, 3.63) is 52.2 Å². The lowest BCUT2D eigenvalue weighted by molar-refractivity contribution is -0.384. The number of hydrogen-bond donors (Lipinski definition) is 2. The molecule has 2 aromatic rings. The summed E-state index contributed by atoms with van der Waals surface area (Å²) < 4.78 is 4.97. The molecule has 0 saturated heterocycles. The number of carboxylic acids is 1. The van der Waals surface area contributed by atoms with Crippen molar-refractivity contribution >= 4 is 17.3 Å². The summed E-state index contributed by atoms with van der Waals surface area (Å²) in [5.74, 6) is -0.816. The van der Waals surface area contributed by atoms with Crippen LogP contribution in [0.2, 0.25) is 0 Å². The SMILES string of the molecule is O=C(O)c1ccc([N+](=O)[O-])c(NCc2ncco2)c1. The summed E-state index contributed by atoms with van der Waals surface area (Å²) in [6.07, 6.45) is 2.82. The highest BCUT2D eigenvalue weighted by molar-refractivity contribution is 5.90. The van der Waals surface area contributed by atoms with Gasteiger partial charge in [-0.2, -0.15) is 0 Å². The number of nitro benzene ring substituents is 1. The summed E-state index contributed by atoms with van der Waals surface area (Å²) >= 11 is 0. The van der Waals surface area contributed by atoms with Crippen LogP contribution in [0, 0.1) is 10.1 Å².